The first-order chi connectivity index (χ1) is 43.9. The van der Waals surface area contributed by atoms with Crippen LogP contribution < -0.4 is 9.47 Å². The molecule has 0 spiro atoms. The molecular weight excluding hydrogens is 1170 g/mol. The lowest BCUT2D eigenvalue weighted by molar-refractivity contribution is -0.177. The van der Waals surface area contributed by atoms with Gasteiger partial charge in [-0.25, -0.2) is 9.59 Å². The third-order valence-corrected chi connectivity index (χ3v) is 16.4. The summed E-state index contributed by atoms with van der Waals surface area (Å²) in [7, 11) is 3.26. The molecule has 0 bridgehead atoms. The molecule has 6 aromatic rings. The van der Waals surface area contributed by atoms with Crippen molar-refractivity contribution >= 4 is 11.9 Å². The summed E-state index contributed by atoms with van der Waals surface area (Å²) in [6.07, 6.45) is 4.66. The molecule has 2 N–H and O–H groups in total. The lowest BCUT2D eigenvalue weighted by Crippen LogP contribution is -2.46. The molecule has 2 saturated heterocycles. The zero-order valence-electron chi connectivity index (χ0n) is 53.3. The van der Waals surface area contributed by atoms with Crippen molar-refractivity contribution in [3.63, 3.8) is 0 Å². The van der Waals surface area contributed by atoms with Crippen LogP contribution in [0.1, 0.15) is 137 Å². The number of methoxy groups -OCH3 is 2. The Hall–Kier alpha value is -6.80. The number of hydrogen-bond donors (Lipinski definition) is 2. The molecule has 92 heavy (non-hydrogen) atoms. The van der Waals surface area contributed by atoms with E-state index in [1.54, 1.807) is 50.6 Å². The summed E-state index contributed by atoms with van der Waals surface area (Å²) in [5.74, 6) is -1.52. The van der Waals surface area contributed by atoms with Crippen molar-refractivity contribution in [3.05, 3.63) is 215 Å². The molecule has 2 aliphatic heterocycles. The topological polar surface area (TPSA) is 185 Å². The minimum atomic E-state index is -1.29. The highest BCUT2D eigenvalue weighted by Crippen LogP contribution is 2.34. The Labute approximate surface area is 547 Å². The van der Waals surface area contributed by atoms with Crippen molar-refractivity contribution < 1.29 is 76.6 Å². The summed E-state index contributed by atoms with van der Waals surface area (Å²) in [4.78, 5) is 26.5. The van der Waals surface area contributed by atoms with Gasteiger partial charge >= 0.3 is 11.9 Å². The Morgan fingerprint density at radius 3 is 1.35 bits per heavy atom. The predicted molar refractivity (Wildman–Crippen MR) is 357 cm³/mol. The van der Waals surface area contributed by atoms with Gasteiger partial charge in [-0.3, -0.25) is 0 Å². The second-order valence-corrected chi connectivity index (χ2v) is 22.6. The van der Waals surface area contributed by atoms with Crippen molar-refractivity contribution in [2.24, 2.45) is 11.8 Å². The molecule has 2 aliphatic rings. The summed E-state index contributed by atoms with van der Waals surface area (Å²) in [5.41, 5.74) is 4.95. The number of carbonyl (C=O) groups excluding carboxylic acids is 2. The third-order valence-electron chi connectivity index (χ3n) is 16.4. The average molecular weight is 1270 g/mol. The molecule has 0 unspecified atom stereocenters. The number of carbonyl (C=O) groups is 2. The van der Waals surface area contributed by atoms with E-state index >= 15 is 0 Å². The van der Waals surface area contributed by atoms with E-state index in [1.165, 1.54) is 0 Å². The molecule has 502 valence electrons. The van der Waals surface area contributed by atoms with Gasteiger partial charge in [-0.15, -0.1) is 0 Å². The molecule has 2 fully saturated rings. The highest BCUT2D eigenvalue weighted by molar-refractivity contribution is 5.90. The molecule has 6 aromatic carbocycles. The lowest BCUT2D eigenvalue weighted by Gasteiger charge is -2.34. The van der Waals surface area contributed by atoms with E-state index in [0.29, 0.717) is 83.1 Å². The lowest BCUT2D eigenvalue weighted by atomic mass is 9.89. The van der Waals surface area contributed by atoms with Crippen LogP contribution in [0.3, 0.4) is 0 Å². The fourth-order valence-corrected chi connectivity index (χ4v) is 10.8. The highest BCUT2D eigenvalue weighted by Gasteiger charge is 2.43. The molecule has 2 heterocycles. The molecule has 16 heteroatoms. The van der Waals surface area contributed by atoms with Crippen molar-refractivity contribution in [1.29, 1.82) is 0 Å². The quantitative estimate of drug-likeness (QED) is 0.0213. The zero-order valence-corrected chi connectivity index (χ0v) is 53.3. The first kappa shape index (κ1) is 75.9. The van der Waals surface area contributed by atoms with Crippen LogP contribution >= 0.6 is 0 Å². The van der Waals surface area contributed by atoms with Gasteiger partial charge in [-0.1, -0.05) is 176 Å². The largest absolute Gasteiger partial charge is 0.497 e. The summed E-state index contributed by atoms with van der Waals surface area (Å²) >= 11 is 0. The van der Waals surface area contributed by atoms with E-state index in [-0.39, 0.29) is 71.6 Å². The van der Waals surface area contributed by atoms with E-state index in [2.05, 4.69) is 26.0 Å². The predicted octanol–water partition coefficient (Wildman–Crippen LogP) is 14.5. The van der Waals surface area contributed by atoms with Crippen LogP contribution in [-0.4, -0.2) is 124 Å². The zero-order chi connectivity index (χ0) is 63.8. The molecule has 0 amide bonds. The van der Waals surface area contributed by atoms with Gasteiger partial charge in [0.15, 0.2) is 11.6 Å². The number of aliphatic hydroxyl groups excluding tert-OH is 2. The maximum absolute atomic E-state index is 13.3. The van der Waals surface area contributed by atoms with Crippen LogP contribution in [0.4, 0.5) is 0 Å². The van der Waals surface area contributed by atoms with Gasteiger partial charge in [-0.05, 0) is 103 Å². The maximum Gasteiger partial charge on any atom is 0.338 e. The molecule has 16 nitrogen and oxygen atoms in total. The Kier molecular flexibility index (Phi) is 33.8. The Balaban J connectivity index is 0.000000327. The van der Waals surface area contributed by atoms with Crippen LogP contribution in [0.5, 0.6) is 11.5 Å². The molecule has 8 rings (SSSR count). The summed E-state index contributed by atoms with van der Waals surface area (Å²) < 4.78 is 71.4. The average Bonchev–Trinajstić information content (AvgIpc) is 1.75. The van der Waals surface area contributed by atoms with Crippen LogP contribution in [0.2, 0.25) is 0 Å². The second kappa shape index (κ2) is 41.0. The van der Waals surface area contributed by atoms with Crippen molar-refractivity contribution in [1.82, 2.24) is 0 Å². The Morgan fingerprint density at radius 1 is 0.511 bits per heavy atom. The first-order valence-corrected chi connectivity index (χ1v) is 31.7. The molecule has 0 saturated carbocycles. The van der Waals surface area contributed by atoms with Crippen molar-refractivity contribution in [2.45, 2.75) is 169 Å². The monoisotopic (exact) mass is 1270 g/mol. The smallest absolute Gasteiger partial charge is 0.338 e. The van der Waals surface area contributed by atoms with E-state index in [1.807, 2.05) is 147 Å². The van der Waals surface area contributed by atoms with E-state index in [4.69, 9.17) is 56.8 Å². The van der Waals surface area contributed by atoms with Gasteiger partial charge in [0.1, 0.15) is 23.7 Å². The first-order valence-electron chi connectivity index (χ1n) is 31.7. The number of ether oxygens (including phenoxy) is 12. The molecule has 8 atom stereocenters. The van der Waals surface area contributed by atoms with Gasteiger partial charge in [-0.2, -0.15) is 0 Å². The van der Waals surface area contributed by atoms with Gasteiger partial charge in [0, 0.05) is 31.1 Å². The summed E-state index contributed by atoms with van der Waals surface area (Å²) in [6, 6.07) is 52.9. The van der Waals surface area contributed by atoms with Crippen LogP contribution in [0.15, 0.2) is 182 Å². The Morgan fingerprint density at radius 2 is 0.902 bits per heavy atom. The summed E-state index contributed by atoms with van der Waals surface area (Å²) in [5, 5.41) is 23.0. The van der Waals surface area contributed by atoms with Gasteiger partial charge in [0.05, 0.1) is 116 Å². The summed E-state index contributed by atoms with van der Waals surface area (Å²) in [6.45, 7) is 11.7. The van der Waals surface area contributed by atoms with E-state index in [9.17, 15) is 19.8 Å². The SMILES string of the molecule is C.C.CCC1(CC)OC[C@H](C/C=C\[C@@H](COCc2ccc(OC)cc2)[C@H](CCOCc2ccccc2)OC(=O)c2ccccc2)O1.CCC1(CC)OC[C@H](C[C@H](O)[C@H](O)[C@@H](COCc2ccc(OC)cc2)[C@H](CCOCc2ccccc2)OC(=O)c2ccccc2)O1. The van der Waals surface area contributed by atoms with Crippen molar-refractivity contribution in [2.75, 3.05) is 53.9 Å². The Bertz CT molecular complexity index is 2940. The number of aliphatic hydroxyl groups is 2. The van der Waals surface area contributed by atoms with E-state index in [0.717, 1.165) is 46.6 Å². The van der Waals surface area contributed by atoms with Gasteiger partial charge in [0.25, 0.3) is 0 Å². The van der Waals surface area contributed by atoms with Crippen LogP contribution in [0.25, 0.3) is 0 Å². The van der Waals surface area contributed by atoms with E-state index < -0.39 is 47.9 Å². The minimum Gasteiger partial charge on any atom is -0.497 e. The third kappa shape index (κ3) is 24.6. The fraction of sp³-hybridized carbons (Fsp3) is 0.474. The molecule has 0 radical (unpaired) electrons. The minimum absolute atomic E-state index is 0. The second-order valence-electron chi connectivity index (χ2n) is 22.6. The molecule has 0 aromatic heterocycles. The highest BCUT2D eigenvalue weighted by atomic mass is 16.8. The number of rotatable bonds is 37. The number of hydrogen-bond acceptors (Lipinski definition) is 16. The van der Waals surface area contributed by atoms with Gasteiger partial charge < -0.3 is 67.1 Å². The van der Waals surface area contributed by atoms with Crippen LogP contribution in [0, 0.1) is 11.8 Å². The molecule has 0 aliphatic carbocycles. The number of benzene rings is 6. The van der Waals surface area contributed by atoms with Crippen molar-refractivity contribution in [3.8, 4) is 11.5 Å². The molecular formula is C76H102O16. The maximum atomic E-state index is 13.3. The van der Waals surface area contributed by atoms with Gasteiger partial charge in [0.2, 0.25) is 0 Å². The standard InChI is InChI=1S/C37H48O9.C37H46O7.2CH4/c1-4-37(5-2)44-25-31(46-37)22-33(38)35(39)32(26-43-24-28-16-18-30(41-3)19-17-28)34(45-36(40)29-14-10-7-11-15-29)20-21-42-23-27-12-8-6-9-13-27;1-4-37(5-2)42-28-34(44-37)18-12-17-32(27-41-26-30-19-21-33(39-3)22-20-30)35(43-36(38)31-15-10-7-11-16-31)23-24-40-25-29-13-8-6-9-14-29;;/h6-19,31-35,38-39H,4-5,20-26H2,1-3H3;6-17,19-22,32,34-35H,4-5,18,23-28H2,1-3H3;2*1H4/b;17-12-;;/t31-,32-,33-,34-,35+;32-,34-,35-;;/m00../s1. The normalized spacial score (nSPS) is 17.5. The number of esters is 2. The van der Waals surface area contributed by atoms with Crippen LogP contribution in [-0.2, 0) is 73.8 Å². The fourth-order valence-electron chi connectivity index (χ4n) is 10.8.